The lowest BCUT2D eigenvalue weighted by atomic mass is 10.1. The summed E-state index contributed by atoms with van der Waals surface area (Å²) in [6, 6.07) is 5.17. The summed E-state index contributed by atoms with van der Waals surface area (Å²) in [6.45, 7) is 5.47. The minimum atomic E-state index is -0.170. The smallest absolute Gasteiger partial charge is 0.191 e. The molecular formula is C15H23FN4. The van der Waals surface area contributed by atoms with Crippen molar-refractivity contribution in [2.45, 2.75) is 13.1 Å². The molecule has 1 rings (SSSR count). The van der Waals surface area contributed by atoms with Gasteiger partial charge in [-0.25, -0.2) is 4.39 Å². The number of hydrogen-bond donors (Lipinski definition) is 2. The van der Waals surface area contributed by atoms with Crippen LogP contribution in [0.3, 0.4) is 0 Å². The molecule has 0 spiro atoms. The van der Waals surface area contributed by atoms with Gasteiger partial charge in [0.05, 0.1) is 0 Å². The van der Waals surface area contributed by atoms with E-state index >= 15 is 0 Å². The van der Waals surface area contributed by atoms with Crippen LogP contribution in [0.5, 0.6) is 0 Å². The highest BCUT2D eigenvalue weighted by molar-refractivity contribution is 5.79. The third-order valence-corrected chi connectivity index (χ3v) is 2.69. The molecule has 5 heteroatoms. The van der Waals surface area contributed by atoms with Crippen molar-refractivity contribution in [1.29, 1.82) is 0 Å². The van der Waals surface area contributed by atoms with E-state index in [-0.39, 0.29) is 5.82 Å². The van der Waals surface area contributed by atoms with Gasteiger partial charge in [0.2, 0.25) is 0 Å². The molecule has 20 heavy (non-hydrogen) atoms. The Morgan fingerprint density at radius 3 is 2.75 bits per heavy atom. The molecule has 4 nitrogen and oxygen atoms in total. The van der Waals surface area contributed by atoms with Crippen molar-refractivity contribution in [3.05, 3.63) is 47.8 Å². The summed E-state index contributed by atoms with van der Waals surface area (Å²) in [5, 5.41) is 6.26. The maximum absolute atomic E-state index is 13.7. The monoisotopic (exact) mass is 278 g/mol. The second kappa shape index (κ2) is 8.32. The zero-order chi connectivity index (χ0) is 15.0. The molecule has 0 heterocycles. The molecule has 110 valence electrons. The number of hydrogen-bond acceptors (Lipinski definition) is 2. The van der Waals surface area contributed by atoms with Gasteiger partial charge in [0.1, 0.15) is 5.82 Å². The van der Waals surface area contributed by atoms with Gasteiger partial charge in [0, 0.05) is 32.2 Å². The summed E-state index contributed by atoms with van der Waals surface area (Å²) < 4.78 is 13.7. The summed E-state index contributed by atoms with van der Waals surface area (Å²) in [7, 11) is 5.55. The SMILES string of the molecule is C=CCNC(=NC)NCc1ccc(F)c(CN(C)C)c1. The van der Waals surface area contributed by atoms with Gasteiger partial charge in [-0.2, -0.15) is 0 Å². The van der Waals surface area contributed by atoms with E-state index in [0.717, 1.165) is 5.56 Å². The molecule has 0 aromatic heterocycles. The molecule has 0 fully saturated rings. The van der Waals surface area contributed by atoms with E-state index in [4.69, 9.17) is 0 Å². The van der Waals surface area contributed by atoms with Crippen molar-refractivity contribution >= 4 is 5.96 Å². The summed E-state index contributed by atoms with van der Waals surface area (Å²) in [5.41, 5.74) is 1.72. The van der Waals surface area contributed by atoms with Crippen LogP contribution in [-0.2, 0) is 13.1 Å². The number of rotatable bonds is 6. The molecular weight excluding hydrogens is 255 g/mol. The summed E-state index contributed by atoms with van der Waals surface area (Å²) in [5.74, 6) is 0.528. The van der Waals surface area contributed by atoms with Crippen molar-refractivity contribution < 1.29 is 4.39 Å². The molecule has 2 N–H and O–H groups in total. The van der Waals surface area contributed by atoms with E-state index < -0.39 is 0 Å². The summed E-state index contributed by atoms with van der Waals surface area (Å²) >= 11 is 0. The van der Waals surface area contributed by atoms with E-state index in [1.54, 1.807) is 19.2 Å². The number of nitrogens with zero attached hydrogens (tertiary/aromatic N) is 2. The number of aliphatic imine (C=N–C) groups is 1. The topological polar surface area (TPSA) is 39.7 Å². The van der Waals surface area contributed by atoms with Crippen LogP contribution < -0.4 is 10.6 Å². The highest BCUT2D eigenvalue weighted by Crippen LogP contribution is 2.12. The molecule has 0 unspecified atom stereocenters. The van der Waals surface area contributed by atoms with Crippen LogP contribution in [0.1, 0.15) is 11.1 Å². The van der Waals surface area contributed by atoms with Gasteiger partial charge in [0.25, 0.3) is 0 Å². The maximum atomic E-state index is 13.7. The van der Waals surface area contributed by atoms with Crippen LogP contribution in [0.2, 0.25) is 0 Å². The second-order valence-corrected chi connectivity index (χ2v) is 4.76. The fraction of sp³-hybridized carbons (Fsp3) is 0.400. The molecule has 0 bridgehead atoms. The zero-order valence-corrected chi connectivity index (χ0v) is 12.4. The van der Waals surface area contributed by atoms with Crippen molar-refractivity contribution in [3.8, 4) is 0 Å². The number of halogens is 1. The minimum absolute atomic E-state index is 0.170. The predicted molar refractivity (Wildman–Crippen MR) is 82.2 cm³/mol. The van der Waals surface area contributed by atoms with E-state index in [2.05, 4.69) is 22.2 Å². The first-order valence-electron chi connectivity index (χ1n) is 6.54. The molecule has 0 aliphatic carbocycles. The van der Waals surface area contributed by atoms with Crippen molar-refractivity contribution in [1.82, 2.24) is 15.5 Å². The molecule has 0 atom stereocenters. The predicted octanol–water partition coefficient (Wildman–Crippen LogP) is 1.74. The largest absolute Gasteiger partial charge is 0.353 e. The fourth-order valence-electron chi connectivity index (χ4n) is 1.78. The van der Waals surface area contributed by atoms with Gasteiger partial charge < -0.3 is 15.5 Å². The Hall–Kier alpha value is -1.88. The van der Waals surface area contributed by atoms with Gasteiger partial charge in [-0.1, -0.05) is 12.1 Å². The van der Waals surface area contributed by atoms with Crippen LogP contribution in [0.15, 0.2) is 35.8 Å². The van der Waals surface area contributed by atoms with Gasteiger partial charge in [-0.05, 0) is 31.8 Å². The fourth-order valence-corrected chi connectivity index (χ4v) is 1.78. The molecule has 0 aliphatic heterocycles. The van der Waals surface area contributed by atoms with Crippen LogP contribution in [0.4, 0.5) is 4.39 Å². The van der Waals surface area contributed by atoms with Crippen LogP contribution >= 0.6 is 0 Å². The lowest BCUT2D eigenvalue weighted by Gasteiger charge is -2.14. The highest BCUT2D eigenvalue weighted by Gasteiger charge is 2.05. The number of guanidine groups is 1. The van der Waals surface area contributed by atoms with Crippen molar-refractivity contribution in [3.63, 3.8) is 0 Å². The minimum Gasteiger partial charge on any atom is -0.353 e. The first kappa shape index (κ1) is 16.2. The first-order chi connectivity index (χ1) is 9.56. The Morgan fingerprint density at radius 2 is 2.15 bits per heavy atom. The normalized spacial score (nSPS) is 11.6. The standard InChI is InChI=1S/C15H23FN4/c1-5-8-18-15(17-2)19-10-12-6-7-14(16)13(9-12)11-20(3)4/h5-7,9H,1,8,10-11H2,2-4H3,(H2,17,18,19). The summed E-state index contributed by atoms with van der Waals surface area (Å²) in [6.07, 6.45) is 1.76. The van der Waals surface area contributed by atoms with E-state index in [0.29, 0.717) is 31.2 Å². The Morgan fingerprint density at radius 1 is 1.40 bits per heavy atom. The maximum Gasteiger partial charge on any atom is 0.191 e. The molecule has 0 aliphatic rings. The molecule has 0 saturated carbocycles. The molecule has 0 amide bonds. The average molecular weight is 278 g/mol. The third-order valence-electron chi connectivity index (χ3n) is 2.69. The summed E-state index contributed by atoms with van der Waals surface area (Å²) in [4.78, 5) is 6.04. The van der Waals surface area contributed by atoms with Gasteiger partial charge in [0.15, 0.2) is 5.96 Å². The second-order valence-electron chi connectivity index (χ2n) is 4.76. The average Bonchev–Trinajstić information content (AvgIpc) is 2.42. The van der Waals surface area contributed by atoms with Gasteiger partial charge in [-0.3, -0.25) is 4.99 Å². The van der Waals surface area contributed by atoms with Gasteiger partial charge >= 0.3 is 0 Å². The van der Waals surface area contributed by atoms with Crippen molar-refractivity contribution in [2.24, 2.45) is 4.99 Å². The Kier molecular flexibility index (Phi) is 6.73. The Balaban J connectivity index is 2.66. The molecule has 0 radical (unpaired) electrons. The van der Waals surface area contributed by atoms with Crippen LogP contribution in [0.25, 0.3) is 0 Å². The van der Waals surface area contributed by atoms with Gasteiger partial charge in [-0.15, -0.1) is 6.58 Å². The zero-order valence-electron chi connectivity index (χ0n) is 12.4. The highest BCUT2D eigenvalue weighted by atomic mass is 19.1. The van der Waals surface area contributed by atoms with Crippen LogP contribution in [-0.4, -0.2) is 38.5 Å². The quantitative estimate of drug-likeness (QED) is 0.473. The lowest BCUT2D eigenvalue weighted by molar-refractivity contribution is 0.392. The molecule has 1 aromatic rings. The van der Waals surface area contributed by atoms with Crippen LogP contribution in [0, 0.1) is 5.82 Å². The number of benzene rings is 1. The lowest BCUT2D eigenvalue weighted by Crippen LogP contribution is -2.36. The number of nitrogens with one attached hydrogen (secondary N) is 2. The molecule has 1 aromatic carbocycles. The third kappa shape index (κ3) is 5.40. The first-order valence-corrected chi connectivity index (χ1v) is 6.54. The Labute approximate surface area is 120 Å². The van der Waals surface area contributed by atoms with E-state index in [1.165, 1.54) is 6.07 Å². The van der Waals surface area contributed by atoms with E-state index in [1.807, 2.05) is 25.1 Å². The molecule has 0 saturated heterocycles. The Bertz CT molecular complexity index is 469. The van der Waals surface area contributed by atoms with E-state index in [9.17, 15) is 4.39 Å². The van der Waals surface area contributed by atoms with Crippen molar-refractivity contribution in [2.75, 3.05) is 27.7 Å².